The maximum absolute atomic E-state index is 6.34. The quantitative estimate of drug-likeness (QED) is 0.915. The molecule has 2 rings (SSSR count). The molecule has 0 spiro atoms. The molecule has 0 aliphatic carbocycles. The lowest BCUT2D eigenvalue weighted by Crippen LogP contribution is -2.14. The highest BCUT2D eigenvalue weighted by atomic mass is 35.5. The summed E-state index contributed by atoms with van der Waals surface area (Å²) in [4.78, 5) is 4.67. The first-order valence-corrected chi connectivity index (χ1v) is 6.68. The van der Waals surface area contributed by atoms with Gasteiger partial charge >= 0.3 is 0 Å². The Morgan fingerprint density at radius 1 is 1.10 bits per heavy atom. The Labute approximate surface area is 123 Å². The number of fused-ring (bicyclic) bond motifs is 1. The van der Waals surface area contributed by atoms with Crippen LogP contribution >= 0.6 is 11.6 Å². The smallest absolute Gasteiger partial charge is 0.148 e. The number of anilines is 1. The molecule has 0 saturated heterocycles. The highest BCUT2D eigenvalue weighted by molar-refractivity contribution is 6.38. The summed E-state index contributed by atoms with van der Waals surface area (Å²) >= 11 is 6.34. The van der Waals surface area contributed by atoms with Gasteiger partial charge in [-0.1, -0.05) is 32.4 Å². The average Bonchev–Trinajstić information content (AvgIpc) is 2.37. The third-order valence-electron chi connectivity index (χ3n) is 3.19. The number of halogens is 1. The van der Waals surface area contributed by atoms with Crippen LogP contribution in [-0.4, -0.2) is 19.2 Å². The van der Waals surface area contributed by atoms with E-state index >= 15 is 0 Å². The minimum Gasteiger partial charge on any atom is -0.495 e. The van der Waals surface area contributed by atoms with Crippen molar-refractivity contribution in [1.82, 2.24) is 4.98 Å². The van der Waals surface area contributed by atoms with Gasteiger partial charge in [0.2, 0.25) is 0 Å². The third kappa shape index (κ3) is 2.36. The molecule has 2 aromatic rings. The molecule has 2 N–H and O–H groups in total. The van der Waals surface area contributed by atoms with Crippen LogP contribution in [-0.2, 0) is 5.41 Å². The van der Waals surface area contributed by atoms with Crippen LogP contribution in [0.15, 0.2) is 12.1 Å². The lowest BCUT2D eigenvalue weighted by molar-refractivity contribution is 0.397. The second-order valence-corrected chi connectivity index (χ2v) is 6.04. The van der Waals surface area contributed by atoms with E-state index in [4.69, 9.17) is 26.8 Å². The number of hydrogen-bond acceptors (Lipinski definition) is 4. The molecule has 0 saturated carbocycles. The number of hydrogen-bond donors (Lipinski definition) is 1. The molecular weight excluding hydrogens is 276 g/mol. The number of rotatable bonds is 2. The Morgan fingerprint density at radius 3 is 2.20 bits per heavy atom. The summed E-state index contributed by atoms with van der Waals surface area (Å²) in [7, 11) is 3.14. The van der Waals surface area contributed by atoms with Gasteiger partial charge in [-0.2, -0.15) is 0 Å². The van der Waals surface area contributed by atoms with Crippen molar-refractivity contribution in [3.8, 4) is 11.5 Å². The summed E-state index contributed by atoms with van der Waals surface area (Å²) in [6.07, 6.45) is 0. The minimum atomic E-state index is -0.111. The highest BCUT2D eigenvalue weighted by Gasteiger charge is 2.21. The van der Waals surface area contributed by atoms with Crippen LogP contribution in [0.2, 0.25) is 5.02 Å². The Bertz CT molecular complexity index is 663. The predicted octanol–water partition coefficient (Wildman–Crippen LogP) is 3.79. The van der Waals surface area contributed by atoms with Gasteiger partial charge in [0.15, 0.2) is 0 Å². The fourth-order valence-corrected chi connectivity index (χ4v) is 2.37. The van der Waals surface area contributed by atoms with E-state index in [1.807, 2.05) is 6.07 Å². The van der Waals surface area contributed by atoms with Crippen LogP contribution in [0.1, 0.15) is 26.5 Å². The first-order valence-electron chi connectivity index (χ1n) is 6.30. The molecule has 0 atom stereocenters. The van der Waals surface area contributed by atoms with E-state index < -0.39 is 0 Å². The zero-order valence-electron chi connectivity index (χ0n) is 12.4. The van der Waals surface area contributed by atoms with Gasteiger partial charge in [0.25, 0.3) is 0 Å². The standard InChI is InChI=1S/C15H19ClN2O2/c1-15(2,3)11-6-8(17)12-13(16)9(19-4)7-10(20-5)14(12)18-11/h6-7H,1-5H3,(H2,17,18). The molecule has 0 bridgehead atoms. The molecule has 0 aliphatic heterocycles. The van der Waals surface area contributed by atoms with Crippen molar-refractivity contribution in [2.75, 3.05) is 20.0 Å². The average molecular weight is 295 g/mol. The summed E-state index contributed by atoms with van der Waals surface area (Å²) in [5, 5.41) is 1.12. The number of pyridine rings is 1. The largest absolute Gasteiger partial charge is 0.495 e. The Kier molecular flexibility index (Phi) is 3.69. The molecule has 0 amide bonds. The van der Waals surface area contributed by atoms with Crippen molar-refractivity contribution in [3.63, 3.8) is 0 Å². The van der Waals surface area contributed by atoms with Crippen molar-refractivity contribution in [3.05, 3.63) is 22.8 Å². The molecule has 0 unspecified atom stereocenters. The topological polar surface area (TPSA) is 57.4 Å². The summed E-state index contributed by atoms with van der Waals surface area (Å²) in [5.41, 5.74) is 8.17. The van der Waals surface area contributed by atoms with E-state index in [-0.39, 0.29) is 5.41 Å². The lowest BCUT2D eigenvalue weighted by Gasteiger charge is -2.20. The fraction of sp³-hybridized carbons (Fsp3) is 0.400. The van der Waals surface area contributed by atoms with Crippen molar-refractivity contribution >= 4 is 28.2 Å². The van der Waals surface area contributed by atoms with Crippen molar-refractivity contribution in [2.24, 2.45) is 0 Å². The Hall–Kier alpha value is -1.68. The van der Waals surface area contributed by atoms with Gasteiger partial charge in [0, 0.05) is 28.2 Å². The highest BCUT2D eigenvalue weighted by Crippen LogP contribution is 2.42. The zero-order valence-corrected chi connectivity index (χ0v) is 13.1. The van der Waals surface area contributed by atoms with E-state index in [2.05, 4.69) is 25.8 Å². The van der Waals surface area contributed by atoms with E-state index in [0.717, 1.165) is 5.69 Å². The Balaban J connectivity index is 2.90. The lowest BCUT2D eigenvalue weighted by atomic mass is 9.90. The third-order valence-corrected chi connectivity index (χ3v) is 3.56. The molecule has 5 heteroatoms. The van der Waals surface area contributed by atoms with Crippen LogP contribution < -0.4 is 15.2 Å². The first kappa shape index (κ1) is 14.7. The van der Waals surface area contributed by atoms with Gasteiger partial charge in [-0.3, -0.25) is 0 Å². The summed E-state index contributed by atoms with van der Waals surface area (Å²) < 4.78 is 10.6. The second-order valence-electron chi connectivity index (χ2n) is 5.67. The van der Waals surface area contributed by atoms with Crippen LogP contribution in [0.5, 0.6) is 11.5 Å². The maximum Gasteiger partial charge on any atom is 0.148 e. The minimum absolute atomic E-state index is 0.111. The summed E-state index contributed by atoms with van der Waals surface area (Å²) in [6.45, 7) is 6.24. The first-order chi connectivity index (χ1) is 9.29. The van der Waals surface area contributed by atoms with E-state index in [0.29, 0.717) is 33.1 Å². The number of nitrogens with zero attached hydrogens (tertiary/aromatic N) is 1. The fourth-order valence-electron chi connectivity index (χ4n) is 2.04. The van der Waals surface area contributed by atoms with Gasteiger partial charge in [-0.15, -0.1) is 0 Å². The van der Waals surface area contributed by atoms with E-state index in [9.17, 15) is 0 Å². The predicted molar refractivity (Wildman–Crippen MR) is 83.0 cm³/mol. The molecule has 0 aliphatic rings. The van der Waals surface area contributed by atoms with Crippen LogP contribution in [0.25, 0.3) is 10.9 Å². The van der Waals surface area contributed by atoms with Gasteiger partial charge in [0.1, 0.15) is 17.0 Å². The molecule has 0 radical (unpaired) electrons. The molecule has 20 heavy (non-hydrogen) atoms. The SMILES string of the molecule is COc1cc(OC)c2nc(C(C)(C)C)cc(N)c2c1Cl. The Morgan fingerprint density at radius 2 is 1.70 bits per heavy atom. The van der Waals surface area contributed by atoms with Gasteiger partial charge in [-0.25, -0.2) is 4.98 Å². The molecule has 108 valence electrons. The maximum atomic E-state index is 6.34. The van der Waals surface area contributed by atoms with Gasteiger partial charge in [-0.05, 0) is 6.07 Å². The van der Waals surface area contributed by atoms with Crippen LogP contribution in [0, 0.1) is 0 Å². The van der Waals surface area contributed by atoms with Gasteiger partial charge in [0.05, 0.1) is 19.2 Å². The number of ether oxygens (including phenoxy) is 2. The van der Waals surface area contributed by atoms with Gasteiger partial charge < -0.3 is 15.2 Å². The summed E-state index contributed by atoms with van der Waals surface area (Å²) in [6, 6.07) is 3.58. The molecule has 1 heterocycles. The summed E-state index contributed by atoms with van der Waals surface area (Å²) in [5.74, 6) is 1.12. The van der Waals surface area contributed by atoms with E-state index in [1.54, 1.807) is 20.3 Å². The number of nitrogens with two attached hydrogens (primary N) is 1. The van der Waals surface area contributed by atoms with Crippen molar-refractivity contribution < 1.29 is 9.47 Å². The molecule has 1 aromatic carbocycles. The molecule has 0 fully saturated rings. The van der Waals surface area contributed by atoms with Crippen LogP contribution in [0.4, 0.5) is 5.69 Å². The second kappa shape index (κ2) is 5.02. The molecule has 1 aromatic heterocycles. The van der Waals surface area contributed by atoms with E-state index in [1.165, 1.54) is 0 Å². The monoisotopic (exact) mass is 294 g/mol. The number of aromatic nitrogens is 1. The van der Waals surface area contributed by atoms with Crippen molar-refractivity contribution in [1.29, 1.82) is 0 Å². The zero-order chi connectivity index (χ0) is 15.1. The number of methoxy groups -OCH3 is 2. The van der Waals surface area contributed by atoms with Crippen LogP contribution in [0.3, 0.4) is 0 Å². The van der Waals surface area contributed by atoms with Crippen molar-refractivity contribution in [2.45, 2.75) is 26.2 Å². The number of nitrogen functional groups attached to an aromatic ring is 1. The normalized spacial score (nSPS) is 11.7. The molecular formula is C15H19ClN2O2. The molecule has 4 nitrogen and oxygen atoms in total. The number of benzene rings is 1.